The van der Waals surface area contributed by atoms with E-state index in [9.17, 15) is 13.6 Å². The molecule has 30 heavy (non-hydrogen) atoms. The van der Waals surface area contributed by atoms with Crippen molar-refractivity contribution in [3.63, 3.8) is 0 Å². The molecule has 3 aromatic rings. The van der Waals surface area contributed by atoms with Crippen LogP contribution in [0.4, 0.5) is 8.78 Å². The molecule has 2 N–H and O–H groups in total. The molecule has 0 fully saturated rings. The lowest BCUT2D eigenvalue weighted by molar-refractivity contribution is -0.132. The van der Waals surface area contributed by atoms with Gasteiger partial charge in [0.15, 0.2) is 0 Å². The molecule has 0 atom stereocenters. The molecule has 1 aromatic heterocycles. The van der Waals surface area contributed by atoms with Crippen molar-refractivity contribution in [2.75, 3.05) is 6.54 Å². The van der Waals surface area contributed by atoms with Crippen molar-refractivity contribution in [1.82, 2.24) is 14.5 Å². The van der Waals surface area contributed by atoms with Gasteiger partial charge in [0.2, 0.25) is 5.91 Å². The van der Waals surface area contributed by atoms with Crippen LogP contribution in [-0.2, 0) is 10.3 Å². The summed E-state index contributed by atoms with van der Waals surface area (Å²) in [7, 11) is 0. The molecule has 0 spiro atoms. The van der Waals surface area contributed by atoms with Gasteiger partial charge in [-0.15, -0.1) is 0 Å². The van der Waals surface area contributed by atoms with Gasteiger partial charge in [-0.25, -0.2) is 13.8 Å². The Morgan fingerprint density at radius 3 is 2.23 bits per heavy atom. The highest BCUT2D eigenvalue weighted by Crippen LogP contribution is 2.42. The Hall–Kier alpha value is -2.97. The average Bonchev–Trinajstić information content (AvgIpc) is 3.09. The fourth-order valence-corrected chi connectivity index (χ4v) is 4.42. The molecule has 1 aliphatic rings. The summed E-state index contributed by atoms with van der Waals surface area (Å²) in [5.74, 6) is -0.224. The minimum Gasteiger partial charge on any atom is -0.322 e. The van der Waals surface area contributed by atoms with E-state index in [-0.39, 0.29) is 24.1 Å². The van der Waals surface area contributed by atoms with Gasteiger partial charge in [-0.05, 0) is 62.4 Å². The molecule has 2 heterocycles. The van der Waals surface area contributed by atoms with Gasteiger partial charge >= 0.3 is 0 Å². The highest BCUT2D eigenvalue weighted by atomic mass is 32.2. The van der Waals surface area contributed by atoms with Crippen LogP contribution in [-0.4, -0.2) is 26.9 Å². The lowest BCUT2D eigenvalue weighted by Gasteiger charge is -2.38. The van der Waals surface area contributed by atoms with Crippen LogP contribution in [0.2, 0.25) is 0 Å². The zero-order valence-corrected chi connectivity index (χ0v) is 17.3. The van der Waals surface area contributed by atoms with Gasteiger partial charge in [-0.2, -0.15) is 0 Å². The van der Waals surface area contributed by atoms with Crippen LogP contribution in [0.1, 0.15) is 19.7 Å². The largest absolute Gasteiger partial charge is 0.322 e. The number of benzene rings is 2. The summed E-state index contributed by atoms with van der Waals surface area (Å²) in [6, 6.07) is 12.3. The maximum atomic E-state index is 13.5. The zero-order valence-electron chi connectivity index (χ0n) is 16.5. The van der Waals surface area contributed by atoms with Crippen LogP contribution in [0.5, 0.6) is 0 Å². The highest BCUT2D eigenvalue weighted by Gasteiger charge is 2.39. The van der Waals surface area contributed by atoms with Crippen molar-refractivity contribution in [2.24, 2.45) is 5.73 Å². The molecule has 8 heteroatoms. The van der Waals surface area contributed by atoms with Crippen molar-refractivity contribution in [3.8, 4) is 11.3 Å². The predicted octanol–water partition coefficient (Wildman–Crippen LogP) is 4.44. The molecule has 0 aliphatic carbocycles. The van der Waals surface area contributed by atoms with Gasteiger partial charge in [-0.3, -0.25) is 9.36 Å². The third kappa shape index (κ3) is 3.53. The van der Waals surface area contributed by atoms with Crippen LogP contribution in [0.15, 0.2) is 64.7 Å². The Morgan fingerprint density at radius 2 is 1.63 bits per heavy atom. The third-order valence-corrected chi connectivity index (χ3v) is 6.06. The molecule has 1 amide bonds. The number of nitrogens with zero attached hydrogens (tertiary/aromatic N) is 3. The molecule has 1 aliphatic heterocycles. The number of halogens is 2. The number of fused-ring (bicyclic) bond motifs is 1. The van der Waals surface area contributed by atoms with Crippen LogP contribution < -0.4 is 5.73 Å². The summed E-state index contributed by atoms with van der Waals surface area (Å²) in [5.41, 5.74) is 6.22. The molecule has 0 radical (unpaired) electrons. The van der Waals surface area contributed by atoms with E-state index in [4.69, 9.17) is 10.7 Å². The topological polar surface area (TPSA) is 64.2 Å². The summed E-state index contributed by atoms with van der Waals surface area (Å²) < 4.78 is 28.7. The lowest BCUT2D eigenvalue weighted by Crippen LogP contribution is -2.47. The molecular formula is C22H20F2N4OS. The fraction of sp³-hybridized carbons (Fsp3) is 0.182. The summed E-state index contributed by atoms with van der Waals surface area (Å²) >= 11 is 1.42. The summed E-state index contributed by atoms with van der Waals surface area (Å²) in [5, 5.41) is 0.785. The number of aromatic nitrogens is 2. The average molecular weight is 426 g/mol. The lowest BCUT2D eigenvalue weighted by atomic mass is 10.0. The van der Waals surface area contributed by atoms with Gasteiger partial charge in [0, 0.05) is 22.9 Å². The molecular weight excluding hydrogens is 406 g/mol. The normalized spacial score (nSPS) is 14.6. The number of nitrogens with two attached hydrogens (primary N) is 1. The number of hydrogen-bond acceptors (Lipinski definition) is 4. The minimum absolute atomic E-state index is 0.115. The van der Waals surface area contributed by atoms with Gasteiger partial charge < -0.3 is 10.6 Å². The summed E-state index contributed by atoms with van der Waals surface area (Å²) in [6.07, 6.45) is 3.45. The Kier molecular flexibility index (Phi) is 5.21. The molecule has 0 saturated heterocycles. The second-order valence-corrected chi connectivity index (χ2v) is 8.41. The van der Waals surface area contributed by atoms with Crippen molar-refractivity contribution >= 4 is 23.9 Å². The van der Waals surface area contributed by atoms with Gasteiger partial charge in [0.25, 0.3) is 0 Å². The number of rotatable bonds is 4. The van der Waals surface area contributed by atoms with E-state index in [0.29, 0.717) is 11.5 Å². The van der Waals surface area contributed by atoms with E-state index >= 15 is 0 Å². The molecule has 0 unspecified atom stereocenters. The smallest absolute Gasteiger partial charge is 0.241 e. The van der Waals surface area contributed by atoms with Crippen LogP contribution in [0.25, 0.3) is 17.5 Å². The second kappa shape index (κ2) is 7.70. The predicted molar refractivity (Wildman–Crippen MR) is 112 cm³/mol. The monoisotopic (exact) mass is 426 g/mol. The number of amides is 1. The van der Waals surface area contributed by atoms with Gasteiger partial charge in [0.1, 0.15) is 33.7 Å². The Morgan fingerprint density at radius 1 is 1.03 bits per heavy atom. The van der Waals surface area contributed by atoms with Crippen molar-refractivity contribution in [1.29, 1.82) is 0 Å². The van der Waals surface area contributed by atoms with E-state index in [1.54, 1.807) is 41.6 Å². The molecule has 0 saturated carbocycles. The first-order valence-electron chi connectivity index (χ1n) is 9.34. The third-order valence-electron chi connectivity index (χ3n) is 4.97. The van der Waals surface area contributed by atoms with Crippen LogP contribution in [0, 0.1) is 11.6 Å². The number of carbonyl (C=O) groups excluding carboxylic acids is 1. The second-order valence-electron chi connectivity index (χ2n) is 7.35. The Balaban J connectivity index is 1.87. The quantitative estimate of drug-likeness (QED) is 0.670. The Labute approximate surface area is 177 Å². The van der Waals surface area contributed by atoms with E-state index in [0.717, 1.165) is 15.5 Å². The Bertz CT molecular complexity index is 1120. The first-order valence-corrected chi connectivity index (χ1v) is 10.2. The zero-order chi connectivity index (χ0) is 21.5. The van der Waals surface area contributed by atoms with Crippen LogP contribution in [0.3, 0.4) is 0 Å². The van der Waals surface area contributed by atoms with E-state index in [1.165, 1.54) is 36.0 Å². The number of carbonyl (C=O) groups is 1. The summed E-state index contributed by atoms with van der Waals surface area (Å²) in [6.45, 7) is 3.67. The standard InChI is InChI=1S/C22H20F2N4OS/c1-22(2)21-26-19(14-3-5-15(23)6-4-14)20(30-17-9-7-16(24)8-10-17)27(21)11-12-28(22)18(29)13-25/h3-12H,13,25H2,1-2H3. The minimum atomic E-state index is -0.748. The molecule has 4 rings (SSSR count). The van der Waals surface area contributed by atoms with E-state index in [2.05, 4.69) is 0 Å². The van der Waals surface area contributed by atoms with Crippen molar-refractivity contribution in [2.45, 2.75) is 29.3 Å². The van der Waals surface area contributed by atoms with Crippen molar-refractivity contribution < 1.29 is 13.6 Å². The van der Waals surface area contributed by atoms with E-state index < -0.39 is 5.54 Å². The first kappa shape index (κ1) is 20.3. The SMILES string of the molecule is CC1(C)c2nc(-c3ccc(F)cc3)c(Sc3ccc(F)cc3)n2C=CN1C(=O)CN. The fourth-order valence-electron chi connectivity index (χ4n) is 3.42. The molecule has 2 aromatic carbocycles. The van der Waals surface area contributed by atoms with Gasteiger partial charge in [-0.1, -0.05) is 11.8 Å². The maximum absolute atomic E-state index is 13.5. The van der Waals surface area contributed by atoms with Crippen molar-refractivity contribution in [3.05, 3.63) is 72.2 Å². The highest BCUT2D eigenvalue weighted by molar-refractivity contribution is 7.99. The number of hydrogen-bond donors (Lipinski definition) is 1. The van der Waals surface area contributed by atoms with Crippen LogP contribution >= 0.6 is 11.8 Å². The van der Waals surface area contributed by atoms with E-state index in [1.807, 2.05) is 18.4 Å². The summed E-state index contributed by atoms with van der Waals surface area (Å²) in [4.78, 5) is 19.6. The molecule has 154 valence electrons. The molecule has 5 nitrogen and oxygen atoms in total. The molecule has 0 bridgehead atoms. The van der Waals surface area contributed by atoms with Gasteiger partial charge in [0.05, 0.1) is 6.54 Å². The maximum Gasteiger partial charge on any atom is 0.241 e. The first-order chi connectivity index (χ1) is 14.3. The number of imidazole rings is 1.